The van der Waals surface area contributed by atoms with E-state index in [2.05, 4.69) is 21.3 Å². The fourth-order valence-corrected chi connectivity index (χ4v) is 3.45. The lowest BCUT2D eigenvalue weighted by atomic mass is 10.0. The Hall–Kier alpha value is -3.65. The molecule has 1 heterocycles. The molecule has 2 aromatic carbocycles. The lowest BCUT2D eigenvalue weighted by molar-refractivity contribution is -0.118. The molecule has 0 saturated carbocycles. The number of thiophene rings is 1. The zero-order chi connectivity index (χ0) is 22.2. The number of para-hydroxylation sites is 1. The molecule has 1 aromatic heterocycles. The van der Waals surface area contributed by atoms with Gasteiger partial charge in [0.1, 0.15) is 6.04 Å². The molecule has 3 aromatic rings. The van der Waals surface area contributed by atoms with Crippen molar-refractivity contribution in [3.63, 3.8) is 0 Å². The van der Waals surface area contributed by atoms with Gasteiger partial charge >= 0.3 is 6.03 Å². The van der Waals surface area contributed by atoms with Gasteiger partial charge in [-0.2, -0.15) is 0 Å². The molecular formula is C23H24N4O3S. The van der Waals surface area contributed by atoms with Crippen molar-refractivity contribution in [3.8, 4) is 0 Å². The SMILES string of the molecule is CC(C)C(NC(=O)c1cccs1)C(=O)Nc1ccc(NC(=O)Nc2ccccc2)cc1. The number of amides is 4. The normalized spacial score (nSPS) is 11.5. The fraction of sp³-hybridized carbons (Fsp3) is 0.174. The molecule has 31 heavy (non-hydrogen) atoms. The number of benzene rings is 2. The summed E-state index contributed by atoms with van der Waals surface area (Å²) in [5, 5.41) is 12.9. The van der Waals surface area contributed by atoms with E-state index in [1.165, 1.54) is 11.3 Å². The molecule has 0 aliphatic rings. The zero-order valence-corrected chi connectivity index (χ0v) is 18.0. The van der Waals surface area contributed by atoms with Crippen molar-refractivity contribution in [2.75, 3.05) is 16.0 Å². The maximum Gasteiger partial charge on any atom is 0.323 e. The summed E-state index contributed by atoms with van der Waals surface area (Å²) in [6, 6.07) is 18.3. The van der Waals surface area contributed by atoms with Crippen LogP contribution in [-0.4, -0.2) is 23.9 Å². The van der Waals surface area contributed by atoms with Crippen molar-refractivity contribution in [1.29, 1.82) is 0 Å². The highest BCUT2D eigenvalue weighted by molar-refractivity contribution is 7.12. The van der Waals surface area contributed by atoms with Crippen LogP contribution in [0.2, 0.25) is 0 Å². The molecule has 0 saturated heterocycles. The Bertz CT molecular complexity index is 1020. The number of nitrogens with one attached hydrogen (secondary N) is 4. The van der Waals surface area contributed by atoms with Gasteiger partial charge in [-0.25, -0.2) is 4.79 Å². The summed E-state index contributed by atoms with van der Waals surface area (Å²) >= 11 is 1.32. The van der Waals surface area contributed by atoms with Crippen LogP contribution < -0.4 is 21.3 Å². The first-order chi connectivity index (χ1) is 14.9. The molecule has 1 atom stereocenters. The van der Waals surface area contributed by atoms with Gasteiger partial charge in [0.25, 0.3) is 5.91 Å². The lowest BCUT2D eigenvalue weighted by Gasteiger charge is -2.21. The second kappa shape index (κ2) is 10.4. The molecular weight excluding hydrogens is 412 g/mol. The predicted octanol–water partition coefficient (Wildman–Crippen LogP) is 4.79. The lowest BCUT2D eigenvalue weighted by Crippen LogP contribution is -2.46. The van der Waals surface area contributed by atoms with E-state index >= 15 is 0 Å². The van der Waals surface area contributed by atoms with Gasteiger partial charge in [0.15, 0.2) is 0 Å². The maximum absolute atomic E-state index is 12.7. The van der Waals surface area contributed by atoms with Gasteiger partial charge in [-0.3, -0.25) is 9.59 Å². The van der Waals surface area contributed by atoms with Gasteiger partial charge in [0.05, 0.1) is 4.88 Å². The van der Waals surface area contributed by atoms with E-state index in [1.54, 1.807) is 48.5 Å². The number of hydrogen-bond acceptors (Lipinski definition) is 4. The quantitative estimate of drug-likeness (QED) is 0.429. The van der Waals surface area contributed by atoms with E-state index in [0.29, 0.717) is 21.9 Å². The molecule has 0 spiro atoms. The van der Waals surface area contributed by atoms with Crippen LogP contribution in [0.25, 0.3) is 0 Å². The average Bonchev–Trinajstić information content (AvgIpc) is 3.28. The van der Waals surface area contributed by atoms with Gasteiger partial charge in [-0.1, -0.05) is 38.1 Å². The van der Waals surface area contributed by atoms with E-state index in [4.69, 9.17) is 0 Å². The minimum absolute atomic E-state index is 0.0912. The van der Waals surface area contributed by atoms with Gasteiger partial charge in [-0.05, 0) is 53.8 Å². The molecule has 8 heteroatoms. The van der Waals surface area contributed by atoms with Crippen molar-refractivity contribution in [2.24, 2.45) is 5.92 Å². The number of carbonyl (C=O) groups is 3. The van der Waals surface area contributed by atoms with Gasteiger partial charge in [-0.15, -0.1) is 11.3 Å². The summed E-state index contributed by atoms with van der Waals surface area (Å²) in [6.07, 6.45) is 0. The van der Waals surface area contributed by atoms with Crippen molar-refractivity contribution in [1.82, 2.24) is 5.32 Å². The second-order valence-corrected chi connectivity index (χ2v) is 8.13. The Morgan fingerprint density at radius 3 is 1.87 bits per heavy atom. The third-order valence-corrected chi connectivity index (χ3v) is 5.29. The third kappa shape index (κ3) is 6.42. The smallest absolute Gasteiger partial charge is 0.323 e. The van der Waals surface area contributed by atoms with Crippen LogP contribution in [0, 0.1) is 5.92 Å². The molecule has 4 amide bonds. The van der Waals surface area contributed by atoms with E-state index in [0.717, 1.165) is 0 Å². The van der Waals surface area contributed by atoms with Crippen molar-refractivity contribution < 1.29 is 14.4 Å². The van der Waals surface area contributed by atoms with Crippen LogP contribution in [0.3, 0.4) is 0 Å². The fourth-order valence-electron chi connectivity index (χ4n) is 2.83. The van der Waals surface area contributed by atoms with Crippen LogP contribution in [0.1, 0.15) is 23.5 Å². The van der Waals surface area contributed by atoms with Crippen molar-refractivity contribution >= 4 is 46.2 Å². The number of hydrogen-bond donors (Lipinski definition) is 4. The standard InChI is InChI=1S/C23H24N4O3S/c1-15(2)20(27-21(28)19-9-6-14-31-19)22(29)24-17-10-12-18(13-11-17)26-23(30)25-16-7-4-3-5-8-16/h3-15,20H,1-2H3,(H,24,29)(H,27,28)(H2,25,26,30). The molecule has 0 aliphatic heterocycles. The van der Waals surface area contributed by atoms with Gasteiger partial charge in [0, 0.05) is 17.1 Å². The summed E-state index contributed by atoms with van der Waals surface area (Å²) in [5.74, 6) is -0.665. The Kier molecular flexibility index (Phi) is 7.40. The molecule has 1 unspecified atom stereocenters. The van der Waals surface area contributed by atoms with E-state index in [-0.39, 0.29) is 23.8 Å². The minimum Gasteiger partial charge on any atom is -0.339 e. The number of carbonyl (C=O) groups excluding carboxylic acids is 3. The van der Waals surface area contributed by atoms with Crippen LogP contribution in [0.5, 0.6) is 0 Å². The van der Waals surface area contributed by atoms with Crippen molar-refractivity contribution in [3.05, 3.63) is 77.0 Å². The van der Waals surface area contributed by atoms with Crippen molar-refractivity contribution in [2.45, 2.75) is 19.9 Å². The Labute approximate surface area is 184 Å². The number of rotatable bonds is 7. The highest BCUT2D eigenvalue weighted by atomic mass is 32.1. The molecule has 160 valence electrons. The van der Waals surface area contributed by atoms with E-state index in [1.807, 2.05) is 37.4 Å². The summed E-state index contributed by atoms with van der Waals surface area (Å²) < 4.78 is 0. The molecule has 0 aliphatic carbocycles. The van der Waals surface area contributed by atoms with Gasteiger partial charge < -0.3 is 21.3 Å². The Balaban J connectivity index is 1.56. The summed E-state index contributed by atoms with van der Waals surface area (Å²) in [4.78, 5) is 37.7. The van der Waals surface area contributed by atoms with Gasteiger partial charge in [0.2, 0.25) is 5.91 Å². The largest absolute Gasteiger partial charge is 0.339 e. The molecule has 0 bridgehead atoms. The zero-order valence-electron chi connectivity index (χ0n) is 17.2. The van der Waals surface area contributed by atoms with Crippen LogP contribution in [-0.2, 0) is 4.79 Å². The third-order valence-electron chi connectivity index (χ3n) is 4.42. The Morgan fingerprint density at radius 2 is 1.32 bits per heavy atom. The highest BCUT2D eigenvalue weighted by Gasteiger charge is 2.25. The predicted molar refractivity (Wildman–Crippen MR) is 125 cm³/mol. The molecule has 3 rings (SSSR count). The Morgan fingerprint density at radius 1 is 0.742 bits per heavy atom. The number of urea groups is 1. The monoisotopic (exact) mass is 436 g/mol. The maximum atomic E-state index is 12.7. The van der Waals surface area contributed by atoms with E-state index in [9.17, 15) is 14.4 Å². The summed E-state index contributed by atoms with van der Waals surface area (Å²) in [5.41, 5.74) is 1.83. The second-order valence-electron chi connectivity index (χ2n) is 7.18. The summed E-state index contributed by atoms with van der Waals surface area (Å²) in [6.45, 7) is 3.74. The van der Waals surface area contributed by atoms with E-state index < -0.39 is 6.04 Å². The molecule has 4 N–H and O–H groups in total. The van der Waals surface area contributed by atoms with Crippen LogP contribution in [0.15, 0.2) is 72.1 Å². The number of anilines is 3. The highest BCUT2D eigenvalue weighted by Crippen LogP contribution is 2.16. The molecule has 7 nitrogen and oxygen atoms in total. The van der Waals surface area contributed by atoms with Crippen LogP contribution in [0.4, 0.5) is 21.9 Å². The van der Waals surface area contributed by atoms with Crippen LogP contribution >= 0.6 is 11.3 Å². The first-order valence-electron chi connectivity index (χ1n) is 9.80. The first-order valence-corrected chi connectivity index (χ1v) is 10.7. The summed E-state index contributed by atoms with van der Waals surface area (Å²) in [7, 11) is 0. The molecule has 0 radical (unpaired) electrons. The molecule has 0 fully saturated rings. The average molecular weight is 437 g/mol. The topological polar surface area (TPSA) is 99.3 Å². The minimum atomic E-state index is -0.677. The first kappa shape index (κ1) is 22.0.